The summed E-state index contributed by atoms with van der Waals surface area (Å²) in [6.45, 7) is 0. The van der Waals surface area contributed by atoms with E-state index in [1.165, 1.54) is 18.5 Å². The van der Waals surface area contributed by atoms with Crippen LogP contribution in [0.2, 0.25) is 5.02 Å². The van der Waals surface area contributed by atoms with Gasteiger partial charge < -0.3 is 5.32 Å². The highest BCUT2D eigenvalue weighted by Gasteiger charge is 2.36. The molecule has 2 aromatic carbocycles. The fraction of sp³-hybridized carbons (Fsp3) is 0.174. The molecule has 0 unspecified atom stereocenters. The molecule has 1 fully saturated rings. The molecule has 5 rings (SSSR count). The second-order valence-electron chi connectivity index (χ2n) is 7.58. The van der Waals surface area contributed by atoms with E-state index in [-0.39, 0.29) is 17.5 Å². The first-order valence-electron chi connectivity index (χ1n) is 10.1. The fourth-order valence-corrected chi connectivity index (χ4v) is 4.10. The third-order valence-corrected chi connectivity index (χ3v) is 5.87. The van der Waals surface area contributed by atoms with Crippen LogP contribution in [0.4, 0.5) is 4.39 Å². The van der Waals surface area contributed by atoms with Crippen LogP contribution in [0.5, 0.6) is 0 Å². The number of hydrogen-bond donors (Lipinski definition) is 1. The zero-order valence-electron chi connectivity index (χ0n) is 16.8. The maximum atomic E-state index is 13.9. The molecule has 0 aliphatic heterocycles. The Kier molecular flexibility index (Phi) is 5.36. The summed E-state index contributed by atoms with van der Waals surface area (Å²) >= 11 is 6.49. The molecule has 0 atom stereocenters. The number of nitrogens with zero attached hydrogens (tertiary/aromatic N) is 5. The summed E-state index contributed by atoms with van der Waals surface area (Å²) in [5.74, 6) is 0.410. The predicted molar refractivity (Wildman–Crippen MR) is 117 cm³/mol. The first-order chi connectivity index (χ1) is 15.6. The number of carbonyl (C=O) groups excluding carboxylic acids is 1. The van der Waals surface area contributed by atoms with Crippen molar-refractivity contribution < 1.29 is 9.18 Å². The van der Waals surface area contributed by atoms with Gasteiger partial charge in [-0.05, 0) is 43.2 Å². The first kappa shape index (κ1) is 20.3. The van der Waals surface area contributed by atoms with Crippen LogP contribution in [0.25, 0.3) is 17.2 Å². The number of nitrogens with one attached hydrogen (secondary N) is 1. The molecular weight excluding hydrogens is 431 g/mol. The van der Waals surface area contributed by atoms with Gasteiger partial charge in [-0.1, -0.05) is 35.9 Å². The number of aromatic nitrogens is 5. The molecule has 1 aliphatic carbocycles. The summed E-state index contributed by atoms with van der Waals surface area (Å²) in [6.07, 6.45) is 4.42. The molecule has 1 aliphatic rings. The van der Waals surface area contributed by atoms with Gasteiger partial charge in [-0.2, -0.15) is 0 Å². The third kappa shape index (κ3) is 3.73. The first-order valence-corrected chi connectivity index (χ1v) is 10.5. The molecule has 1 amide bonds. The Balaban J connectivity index is 1.41. The van der Waals surface area contributed by atoms with Crippen molar-refractivity contribution >= 4 is 17.5 Å². The average molecular weight is 449 g/mol. The summed E-state index contributed by atoms with van der Waals surface area (Å²) in [4.78, 5) is 20.7. The highest BCUT2D eigenvalue weighted by molar-refractivity contribution is 6.32. The number of amides is 1. The smallest absolute Gasteiger partial charge is 0.254 e. The molecule has 4 aromatic rings. The molecule has 1 saturated carbocycles. The molecule has 2 heterocycles. The van der Waals surface area contributed by atoms with E-state index in [0.29, 0.717) is 29.4 Å². The fourth-order valence-electron chi connectivity index (χ4n) is 3.88. The maximum absolute atomic E-state index is 13.9. The van der Waals surface area contributed by atoms with Crippen LogP contribution in [0.1, 0.15) is 34.9 Å². The molecule has 0 bridgehead atoms. The predicted octanol–water partition coefficient (Wildman–Crippen LogP) is 4.19. The quantitative estimate of drug-likeness (QED) is 0.494. The van der Waals surface area contributed by atoms with Crippen LogP contribution < -0.4 is 5.32 Å². The lowest BCUT2D eigenvalue weighted by Crippen LogP contribution is -2.44. The van der Waals surface area contributed by atoms with E-state index < -0.39 is 11.7 Å². The lowest BCUT2D eigenvalue weighted by atomic mass is 9.79. The molecule has 1 N–H and O–H groups in total. The van der Waals surface area contributed by atoms with Gasteiger partial charge >= 0.3 is 0 Å². The van der Waals surface area contributed by atoms with Crippen molar-refractivity contribution in [2.45, 2.75) is 24.8 Å². The molecule has 0 radical (unpaired) electrons. The summed E-state index contributed by atoms with van der Waals surface area (Å²) in [5.41, 5.74) is 1.42. The number of hydrogen-bond acceptors (Lipinski definition) is 5. The standard InChI is InChI=1S/C23H18ClFN6O/c24-17-6-2-4-8-20(17)31-21(29-30-22(31)19-9-10-26-13-27-19)14-11-15(12-14)28-23(32)16-5-1-3-7-18(16)25/h1-10,13-15H,11-12H2,(H,28,32)/t14-,15-. The molecule has 160 valence electrons. The van der Waals surface area contributed by atoms with Crippen molar-refractivity contribution in [1.29, 1.82) is 0 Å². The van der Waals surface area contributed by atoms with Gasteiger partial charge in [0.1, 0.15) is 23.7 Å². The Morgan fingerprint density at radius 1 is 1.06 bits per heavy atom. The van der Waals surface area contributed by atoms with Crippen molar-refractivity contribution in [2.75, 3.05) is 0 Å². The Hall–Kier alpha value is -3.65. The van der Waals surface area contributed by atoms with Crippen LogP contribution in [0.3, 0.4) is 0 Å². The van der Waals surface area contributed by atoms with Crippen molar-refractivity contribution in [2.24, 2.45) is 0 Å². The zero-order chi connectivity index (χ0) is 22.1. The van der Waals surface area contributed by atoms with Gasteiger partial charge in [-0.25, -0.2) is 14.4 Å². The monoisotopic (exact) mass is 448 g/mol. The summed E-state index contributed by atoms with van der Waals surface area (Å²) in [6, 6.07) is 15.1. The minimum atomic E-state index is -0.533. The van der Waals surface area contributed by atoms with Crippen molar-refractivity contribution in [3.8, 4) is 17.2 Å². The molecular formula is C23H18ClFN6O. The molecule has 7 nitrogen and oxygen atoms in total. The van der Waals surface area contributed by atoms with E-state index in [9.17, 15) is 9.18 Å². The molecule has 9 heteroatoms. The van der Waals surface area contributed by atoms with E-state index in [4.69, 9.17) is 11.6 Å². The highest BCUT2D eigenvalue weighted by atomic mass is 35.5. The summed E-state index contributed by atoms with van der Waals surface area (Å²) in [5, 5.41) is 12.3. The molecule has 0 saturated heterocycles. The van der Waals surface area contributed by atoms with Crippen LogP contribution in [-0.2, 0) is 0 Å². The van der Waals surface area contributed by atoms with Crippen LogP contribution >= 0.6 is 11.6 Å². The van der Waals surface area contributed by atoms with Gasteiger partial charge in [0, 0.05) is 18.2 Å². The minimum absolute atomic E-state index is 0.0428. The maximum Gasteiger partial charge on any atom is 0.254 e. The topological polar surface area (TPSA) is 85.6 Å². The Morgan fingerprint density at radius 2 is 1.84 bits per heavy atom. The van der Waals surface area contributed by atoms with Crippen LogP contribution in [-0.4, -0.2) is 36.7 Å². The van der Waals surface area contributed by atoms with E-state index in [2.05, 4.69) is 25.5 Å². The van der Waals surface area contributed by atoms with E-state index >= 15 is 0 Å². The largest absolute Gasteiger partial charge is 0.349 e. The van der Waals surface area contributed by atoms with E-state index in [1.54, 1.807) is 24.4 Å². The van der Waals surface area contributed by atoms with Gasteiger partial charge in [0.25, 0.3) is 5.91 Å². The van der Waals surface area contributed by atoms with Crippen molar-refractivity contribution in [3.63, 3.8) is 0 Å². The van der Waals surface area contributed by atoms with E-state index in [0.717, 1.165) is 11.5 Å². The molecule has 0 spiro atoms. The lowest BCUT2D eigenvalue weighted by molar-refractivity contribution is 0.0903. The highest BCUT2D eigenvalue weighted by Crippen LogP contribution is 2.39. The summed E-state index contributed by atoms with van der Waals surface area (Å²) < 4.78 is 15.8. The second kappa shape index (κ2) is 8.47. The lowest BCUT2D eigenvalue weighted by Gasteiger charge is -2.35. The van der Waals surface area contributed by atoms with Crippen molar-refractivity contribution in [3.05, 3.63) is 89.3 Å². The molecule has 32 heavy (non-hydrogen) atoms. The number of rotatable bonds is 5. The van der Waals surface area contributed by atoms with Gasteiger partial charge in [0.2, 0.25) is 0 Å². The number of carbonyl (C=O) groups is 1. The van der Waals surface area contributed by atoms with Crippen LogP contribution in [0.15, 0.2) is 67.1 Å². The zero-order valence-corrected chi connectivity index (χ0v) is 17.6. The van der Waals surface area contributed by atoms with Gasteiger partial charge in [0.15, 0.2) is 5.82 Å². The number of benzene rings is 2. The normalized spacial score (nSPS) is 17.6. The Bertz CT molecular complexity index is 1270. The Morgan fingerprint density at radius 3 is 2.59 bits per heavy atom. The van der Waals surface area contributed by atoms with Crippen LogP contribution in [0, 0.1) is 5.82 Å². The van der Waals surface area contributed by atoms with Gasteiger partial charge in [0.05, 0.1) is 16.3 Å². The van der Waals surface area contributed by atoms with Crippen molar-refractivity contribution in [1.82, 2.24) is 30.0 Å². The van der Waals surface area contributed by atoms with E-state index in [1.807, 2.05) is 28.8 Å². The number of para-hydroxylation sites is 1. The summed E-state index contributed by atoms with van der Waals surface area (Å²) in [7, 11) is 0. The van der Waals surface area contributed by atoms with Gasteiger partial charge in [-0.3, -0.25) is 9.36 Å². The Labute approximate surface area is 188 Å². The molecule has 2 aromatic heterocycles. The van der Waals surface area contributed by atoms with Gasteiger partial charge in [-0.15, -0.1) is 10.2 Å². The number of halogens is 2. The second-order valence-corrected chi connectivity index (χ2v) is 7.99. The minimum Gasteiger partial charge on any atom is -0.349 e. The third-order valence-electron chi connectivity index (χ3n) is 5.55. The average Bonchev–Trinajstić information content (AvgIpc) is 3.21. The SMILES string of the molecule is O=C(N[C@H]1C[C@H](c2nnc(-c3ccncn3)n2-c2ccccc2Cl)C1)c1ccccc1F.